The molecule has 84 valence electrons. The lowest BCUT2D eigenvalue weighted by Gasteiger charge is -2.20. The Hall–Kier alpha value is -0.940. The Balaban J connectivity index is 2.55. The van der Waals surface area contributed by atoms with Gasteiger partial charge in [0.25, 0.3) is 0 Å². The Morgan fingerprint density at radius 3 is 2.87 bits per heavy atom. The molecule has 0 radical (unpaired) electrons. The zero-order valence-corrected chi connectivity index (χ0v) is 10.4. The summed E-state index contributed by atoms with van der Waals surface area (Å²) in [4.78, 5) is 18.7. The molecule has 0 saturated carbocycles. The van der Waals surface area contributed by atoms with E-state index in [1.807, 2.05) is 27.1 Å². The minimum atomic E-state index is -0.135. The molecule has 0 spiro atoms. The van der Waals surface area contributed by atoms with Gasteiger partial charge in [0.15, 0.2) is 0 Å². The van der Waals surface area contributed by atoms with E-state index in [1.54, 1.807) is 23.3 Å². The van der Waals surface area contributed by atoms with Gasteiger partial charge in [-0.2, -0.15) is 0 Å². The van der Waals surface area contributed by atoms with Gasteiger partial charge in [-0.25, -0.2) is 4.98 Å². The van der Waals surface area contributed by atoms with Crippen LogP contribution in [-0.2, 0) is 11.3 Å². The lowest BCUT2D eigenvalue weighted by Crippen LogP contribution is -2.41. The number of aromatic nitrogens is 1. The molecule has 0 saturated heterocycles. The topological polar surface area (TPSA) is 45.2 Å². The average Bonchev–Trinajstić information content (AvgIpc) is 2.61. The largest absolute Gasteiger partial charge is 0.339 e. The van der Waals surface area contributed by atoms with Gasteiger partial charge in [0.05, 0.1) is 17.6 Å². The van der Waals surface area contributed by atoms with Gasteiger partial charge in [-0.05, 0) is 20.9 Å². The number of thiazole rings is 1. The molecular formula is C10H17N3OS. The fraction of sp³-hybridized carbons (Fsp3) is 0.600. The van der Waals surface area contributed by atoms with Gasteiger partial charge in [0.2, 0.25) is 5.91 Å². The smallest absolute Gasteiger partial charge is 0.239 e. The van der Waals surface area contributed by atoms with Crippen molar-refractivity contribution >= 4 is 17.2 Å². The van der Waals surface area contributed by atoms with Crippen LogP contribution in [0.25, 0.3) is 0 Å². The zero-order chi connectivity index (χ0) is 11.4. The molecule has 1 atom stereocenters. The van der Waals surface area contributed by atoms with Crippen LogP contribution in [0.4, 0.5) is 0 Å². The van der Waals surface area contributed by atoms with Crippen LogP contribution in [0.15, 0.2) is 6.20 Å². The molecule has 1 N–H and O–H groups in total. The Morgan fingerprint density at radius 1 is 1.73 bits per heavy atom. The summed E-state index contributed by atoms with van der Waals surface area (Å²) in [5.41, 5.74) is 0. The van der Waals surface area contributed by atoms with E-state index in [0.717, 1.165) is 9.88 Å². The van der Waals surface area contributed by atoms with Crippen molar-refractivity contribution in [3.63, 3.8) is 0 Å². The predicted octanol–water partition coefficient (Wildman–Crippen LogP) is 1.02. The number of hydrogen-bond donors (Lipinski definition) is 1. The number of aryl methyl sites for hydroxylation is 1. The van der Waals surface area contributed by atoms with Crippen LogP contribution >= 0.6 is 11.3 Å². The van der Waals surface area contributed by atoms with Gasteiger partial charge in [0, 0.05) is 18.1 Å². The van der Waals surface area contributed by atoms with Crippen LogP contribution in [0, 0.1) is 6.92 Å². The molecule has 5 heteroatoms. The fourth-order valence-electron chi connectivity index (χ4n) is 1.24. The summed E-state index contributed by atoms with van der Waals surface area (Å²) < 4.78 is 0. The Kier molecular flexibility index (Phi) is 4.23. The summed E-state index contributed by atoms with van der Waals surface area (Å²) >= 11 is 1.63. The SMILES string of the molecule is CNC(C)C(=O)N(C)Cc1cnc(C)s1. The minimum absolute atomic E-state index is 0.101. The van der Waals surface area contributed by atoms with Gasteiger partial charge < -0.3 is 10.2 Å². The van der Waals surface area contributed by atoms with Gasteiger partial charge in [0.1, 0.15) is 0 Å². The third-order valence-electron chi connectivity index (χ3n) is 2.24. The van der Waals surface area contributed by atoms with E-state index in [9.17, 15) is 4.79 Å². The number of rotatable bonds is 4. The van der Waals surface area contributed by atoms with Crippen molar-refractivity contribution in [3.8, 4) is 0 Å². The normalized spacial score (nSPS) is 12.5. The van der Waals surface area contributed by atoms with Crippen molar-refractivity contribution in [2.75, 3.05) is 14.1 Å². The second-order valence-electron chi connectivity index (χ2n) is 3.55. The van der Waals surface area contributed by atoms with E-state index in [1.165, 1.54) is 0 Å². The number of nitrogens with one attached hydrogen (secondary N) is 1. The molecule has 1 amide bonds. The highest BCUT2D eigenvalue weighted by atomic mass is 32.1. The number of carbonyl (C=O) groups excluding carboxylic acids is 1. The van der Waals surface area contributed by atoms with E-state index in [4.69, 9.17) is 0 Å². The number of nitrogens with zero attached hydrogens (tertiary/aromatic N) is 2. The van der Waals surface area contributed by atoms with Crippen molar-refractivity contribution in [3.05, 3.63) is 16.1 Å². The third kappa shape index (κ3) is 3.28. The maximum absolute atomic E-state index is 11.7. The van der Waals surface area contributed by atoms with Crippen LogP contribution in [0.3, 0.4) is 0 Å². The van der Waals surface area contributed by atoms with Crippen molar-refractivity contribution in [1.29, 1.82) is 0 Å². The first-order valence-electron chi connectivity index (χ1n) is 4.88. The van der Waals surface area contributed by atoms with E-state index >= 15 is 0 Å². The molecular weight excluding hydrogens is 210 g/mol. The van der Waals surface area contributed by atoms with Gasteiger partial charge in [-0.1, -0.05) is 0 Å². The average molecular weight is 227 g/mol. The van der Waals surface area contributed by atoms with E-state index in [-0.39, 0.29) is 11.9 Å². The second kappa shape index (κ2) is 5.23. The number of amides is 1. The van der Waals surface area contributed by atoms with Crippen molar-refractivity contribution in [2.24, 2.45) is 0 Å². The molecule has 1 unspecified atom stereocenters. The van der Waals surface area contributed by atoms with Gasteiger partial charge in [-0.15, -0.1) is 11.3 Å². The first-order valence-corrected chi connectivity index (χ1v) is 5.69. The van der Waals surface area contributed by atoms with Crippen LogP contribution in [0.1, 0.15) is 16.8 Å². The Labute approximate surface area is 94.3 Å². The molecule has 4 nitrogen and oxygen atoms in total. The quantitative estimate of drug-likeness (QED) is 0.835. The molecule has 0 aliphatic heterocycles. The highest BCUT2D eigenvalue weighted by Crippen LogP contribution is 2.13. The van der Waals surface area contributed by atoms with Gasteiger partial charge in [-0.3, -0.25) is 4.79 Å². The molecule has 0 aromatic carbocycles. The first kappa shape index (κ1) is 12.1. The van der Waals surface area contributed by atoms with Crippen LogP contribution in [-0.4, -0.2) is 35.9 Å². The minimum Gasteiger partial charge on any atom is -0.339 e. The maximum Gasteiger partial charge on any atom is 0.239 e. The number of carbonyl (C=O) groups is 1. The van der Waals surface area contributed by atoms with Crippen LogP contribution < -0.4 is 5.32 Å². The lowest BCUT2D eigenvalue weighted by atomic mass is 10.3. The van der Waals surface area contributed by atoms with Crippen molar-refractivity contribution in [2.45, 2.75) is 26.4 Å². The van der Waals surface area contributed by atoms with E-state index in [2.05, 4.69) is 10.3 Å². The van der Waals surface area contributed by atoms with Crippen molar-refractivity contribution < 1.29 is 4.79 Å². The molecule has 0 fully saturated rings. The molecule has 0 aliphatic rings. The standard InChI is InChI=1S/C10H17N3OS/c1-7(11-3)10(14)13(4)6-9-5-12-8(2)15-9/h5,7,11H,6H2,1-4H3. The summed E-state index contributed by atoms with van der Waals surface area (Å²) in [5.74, 6) is 0.101. The molecule has 1 heterocycles. The molecule has 1 aromatic heterocycles. The summed E-state index contributed by atoms with van der Waals surface area (Å²) in [6.45, 7) is 4.46. The van der Waals surface area contributed by atoms with Crippen molar-refractivity contribution in [1.82, 2.24) is 15.2 Å². The highest BCUT2D eigenvalue weighted by molar-refractivity contribution is 7.11. The Bertz CT molecular complexity index is 337. The molecule has 15 heavy (non-hydrogen) atoms. The van der Waals surface area contributed by atoms with Crippen LogP contribution in [0.2, 0.25) is 0 Å². The predicted molar refractivity (Wildman–Crippen MR) is 61.8 cm³/mol. The summed E-state index contributed by atoms with van der Waals surface area (Å²) in [7, 11) is 3.60. The maximum atomic E-state index is 11.7. The molecule has 0 bridgehead atoms. The molecule has 1 rings (SSSR count). The van der Waals surface area contributed by atoms with Crippen LogP contribution in [0.5, 0.6) is 0 Å². The Morgan fingerprint density at radius 2 is 2.40 bits per heavy atom. The zero-order valence-electron chi connectivity index (χ0n) is 9.57. The summed E-state index contributed by atoms with van der Waals surface area (Å²) in [5, 5.41) is 3.97. The summed E-state index contributed by atoms with van der Waals surface area (Å²) in [6.07, 6.45) is 1.83. The fourth-order valence-corrected chi connectivity index (χ4v) is 2.09. The monoisotopic (exact) mass is 227 g/mol. The number of likely N-dealkylation sites (N-methyl/N-ethyl adjacent to an activating group) is 2. The molecule has 0 aliphatic carbocycles. The van der Waals surface area contributed by atoms with E-state index < -0.39 is 0 Å². The van der Waals surface area contributed by atoms with E-state index in [0.29, 0.717) is 6.54 Å². The number of hydrogen-bond acceptors (Lipinski definition) is 4. The second-order valence-corrected chi connectivity index (χ2v) is 4.87. The highest BCUT2D eigenvalue weighted by Gasteiger charge is 2.16. The first-order chi connectivity index (χ1) is 7.04. The lowest BCUT2D eigenvalue weighted by molar-refractivity contribution is -0.132. The summed E-state index contributed by atoms with van der Waals surface area (Å²) in [6, 6.07) is -0.135. The molecule has 1 aromatic rings. The third-order valence-corrected chi connectivity index (χ3v) is 3.14. The van der Waals surface area contributed by atoms with Gasteiger partial charge >= 0.3 is 0 Å².